The van der Waals surface area contributed by atoms with Crippen LogP contribution in [0.25, 0.3) is 0 Å². The minimum Gasteiger partial charge on any atom is -0.346 e. The molecule has 5 heteroatoms. The van der Waals surface area contributed by atoms with E-state index < -0.39 is 0 Å². The first-order valence-corrected chi connectivity index (χ1v) is 6.63. The maximum absolute atomic E-state index is 11.8. The van der Waals surface area contributed by atoms with Gasteiger partial charge in [0.1, 0.15) is 5.69 Å². The number of thiophene rings is 1. The van der Waals surface area contributed by atoms with Crippen LogP contribution < -0.4 is 11.1 Å². The molecule has 0 radical (unpaired) electrons. The molecule has 2 heterocycles. The molecule has 2 aromatic rings. The standard InChI is InChI=1S/C14H13N3OS/c15-6-3-4-11-8-12(19-10-11)9-17-14(18)13-5-1-2-7-16-13/h1-2,5,7-8,10H,6,9,15H2,(H,17,18). The Labute approximate surface area is 115 Å². The molecule has 0 aliphatic heterocycles. The van der Waals surface area contributed by atoms with Crippen molar-refractivity contribution in [2.45, 2.75) is 6.54 Å². The quantitative estimate of drug-likeness (QED) is 0.829. The van der Waals surface area contributed by atoms with Gasteiger partial charge >= 0.3 is 0 Å². The molecule has 0 saturated heterocycles. The SMILES string of the molecule is NCC#Cc1csc(CNC(=O)c2ccccn2)c1. The Bertz CT molecular complexity index is 610. The zero-order chi connectivity index (χ0) is 13.5. The minimum atomic E-state index is -0.177. The minimum absolute atomic E-state index is 0.177. The van der Waals surface area contributed by atoms with E-state index in [-0.39, 0.29) is 5.91 Å². The molecule has 0 aliphatic rings. The van der Waals surface area contributed by atoms with Crippen molar-refractivity contribution in [2.75, 3.05) is 6.54 Å². The number of aromatic nitrogens is 1. The molecule has 0 aromatic carbocycles. The molecule has 0 unspecified atom stereocenters. The molecule has 0 fully saturated rings. The van der Waals surface area contributed by atoms with Gasteiger partial charge < -0.3 is 11.1 Å². The van der Waals surface area contributed by atoms with E-state index in [1.807, 2.05) is 11.4 Å². The number of amides is 1. The largest absolute Gasteiger partial charge is 0.346 e. The number of hydrogen-bond acceptors (Lipinski definition) is 4. The second kappa shape index (κ2) is 6.69. The molecule has 0 bridgehead atoms. The molecule has 19 heavy (non-hydrogen) atoms. The molecule has 3 N–H and O–H groups in total. The summed E-state index contributed by atoms with van der Waals surface area (Å²) in [5.74, 6) is 5.57. The number of pyridine rings is 1. The van der Waals surface area contributed by atoms with Crippen LogP contribution in [0.2, 0.25) is 0 Å². The smallest absolute Gasteiger partial charge is 0.270 e. The molecule has 2 rings (SSSR count). The van der Waals surface area contributed by atoms with Crippen molar-refractivity contribution in [1.29, 1.82) is 0 Å². The van der Waals surface area contributed by atoms with Crippen LogP contribution in [-0.4, -0.2) is 17.4 Å². The van der Waals surface area contributed by atoms with E-state index in [0.29, 0.717) is 18.8 Å². The fourth-order valence-corrected chi connectivity index (χ4v) is 2.20. The Morgan fingerprint density at radius 3 is 3.11 bits per heavy atom. The van der Waals surface area contributed by atoms with Crippen LogP contribution in [0, 0.1) is 11.8 Å². The van der Waals surface area contributed by atoms with E-state index in [2.05, 4.69) is 22.1 Å². The summed E-state index contributed by atoms with van der Waals surface area (Å²) in [5.41, 5.74) is 6.66. The first-order chi connectivity index (χ1) is 9.29. The van der Waals surface area contributed by atoms with Crippen molar-refractivity contribution < 1.29 is 4.79 Å². The summed E-state index contributed by atoms with van der Waals surface area (Å²) >= 11 is 1.56. The molecule has 0 spiro atoms. The third-order valence-corrected chi connectivity index (χ3v) is 3.25. The molecular weight excluding hydrogens is 258 g/mol. The summed E-state index contributed by atoms with van der Waals surface area (Å²) in [6, 6.07) is 7.19. The third kappa shape index (κ3) is 3.91. The van der Waals surface area contributed by atoms with Crippen molar-refractivity contribution in [3.8, 4) is 11.8 Å². The summed E-state index contributed by atoms with van der Waals surface area (Å²) < 4.78 is 0. The summed E-state index contributed by atoms with van der Waals surface area (Å²) in [4.78, 5) is 16.8. The Morgan fingerprint density at radius 2 is 2.37 bits per heavy atom. The van der Waals surface area contributed by atoms with Gasteiger partial charge in [0.25, 0.3) is 5.91 Å². The summed E-state index contributed by atoms with van der Waals surface area (Å²) in [7, 11) is 0. The topological polar surface area (TPSA) is 68.0 Å². The van der Waals surface area contributed by atoms with Crippen molar-refractivity contribution in [1.82, 2.24) is 10.3 Å². The number of rotatable bonds is 3. The van der Waals surface area contributed by atoms with Crippen LogP contribution in [0.5, 0.6) is 0 Å². The highest BCUT2D eigenvalue weighted by Crippen LogP contribution is 2.13. The van der Waals surface area contributed by atoms with Crippen molar-refractivity contribution in [3.05, 3.63) is 52.0 Å². The fourth-order valence-electron chi connectivity index (χ4n) is 1.45. The van der Waals surface area contributed by atoms with Crippen molar-refractivity contribution >= 4 is 17.2 Å². The average Bonchev–Trinajstić information content (AvgIpc) is 2.91. The molecular formula is C14H13N3OS. The molecule has 96 valence electrons. The molecule has 0 atom stereocenters. The predicted octanol–water partition coefficient (Wildman–Crippen LogP) is 1.38. The van der Waals surface area contributed by atoms with Gasteiger partial charge in [-0.3, -0.25) is 9.78 Å². The van der Waals surface area contributed by atoms with Gasteiger partial charge in [0.15, 0.2) is 0 Å². The summed E-state index contributed by atoms with van der Waals surface area (Å²) in [5, 5.41) is 4.77. The fraction of sp³-hybridized carbons (Fsp3) is 0.143. The van der Waals surface area contributed by atoms with Crippen LogP contribution in [0.15, 0.2) is 35.8 Å². The van der Waals surface area contributed by atoms with Gasteiger partial charge in [-0.2, -0.15) is 0 Å². The number of carbonyl (C=O) groups is 1. The zero-order valence-corrected chi connectivity index (χ0v) is 11.0. The van der Waals surface area contributed by atoms with Crippen molar-refractivity contribution in [2.24, 2.45) is 5.73 Å². The number of nitrogens with one attached hydrogen (secondary N) is 1. The van der Waals surface area contributed by atoms with Crippen LogP contribution in [0.1, 0.15) is 20.9 Å². The maximum Gasteiger partial charge on any atom is 0.270 e. The lowest BCUT2D eigenvalue weighted by Crippen LogP contribution is -2.23. The van der Waals surface area contributed by atoms with Gasteiger partial charge in [0.05, 0.1) is 13.1 Å². The van der Waals surface area contributed by atoms with E-state index in [1.165, 1.54) is 0 Å². The van der Waals surface area contributed by atoms with Gasteiger partial charge in [-0.25, -0.2) is 0 Å². The van der Waals surface area contributed by atoms with Gasteiger partial charge in [-0.05, 0) is 18.2 Å². The summed E-state index contributed by atoms with van der Waals surface area (Å²) in [6.45, 7) is 0.825. The number of carbonyl (C=O) groups excluding carboxylic acids is 1. The zero-order valence-electron chi connectivity index (χ0n) is 10.2. The Hall–Kier alpha value is -2.16. The Balaban J connectivity index is 1.92. The number of nitrogens with two attached hydrogens (primary N) is 1. The lowest BCUT2D eigenvalue weighted by molar-refractivity contribution is 0.0946. The average molecular weight is 271 g/mol. The van der Waals surface area contributed by atoms with Crippen LogP contribution in [-0.2, 0) is 6.54 Å². The Morgan fingerprint density at radius 1 is 1.47 bits per heavy atom. The lowest BCUT2D eigenvalue weighted by atomic mass is 10.3. The Kier molecular flexibility index (Phi) is 4.67. The van der Waals surface area contributed by atoms with Gasteiger partial charge in [0.2, 0.25) is 0 Å². The first kappa shape index (κ1) is 13.3. The van der Waals surface area contributed by atoms with Gasteiger partial charge in [0, 0.05) is 22.0 Å². The van der Waals surface area contributed by atoms with Crippen LogP contribution >= 0.6 is 11.3 Å². The third-order valence-electron chi connectivity index (χ3n) is 2.31. The van der Waals surface area contributed by atoms with E-state index in [9.17, 15) is 4.79 Å². The second-order valence-electron chi connectivity index (χ2n) is 3.71. The van der Waals surface area contributed by atoms with E-state index in [0.717, 1.165) is 10.4 Å². The highest BCUT2D eigenvalue weighted by Gasteiger charge is 2.06. The molecule has 0 aliphatic carbocycles. The first-order valence-electron chi connectivity index (χ1n) is 5.75. The van der Waals surface area contributed by atoms with Gasteiger partial charge in [-0.15, -0.1) is 11.3 Å². The van der Waals surface area contributed by atoms with E-state index in [4.69, 9.17) is 5.73 Å². The van der Waals surface area contributed by atoms with E-state index in [1.54, 1.807) is 35.7 Å². The van der Waals surface area contributed by atoms with Gasteiger partial charge in [-0.1, -0.05) is 17.9 Å². The van der Waals surface area contributed by atoms with E-state index >= 15 is 0 Å². The highest BCUT2D eigenvalue weighted by atomic mass is 32.1. The number of hydrogen-bond donors (Lipinski definition) is 2. The number of nitrogens with zero attached hydrogens (tertiary/aromatic N) is 1. The lowest BCUT2D eigenvalue weighted by Gasteiger charge is -2.01. The predicted molar refractivity (Wildman–Crippen MR) is 75.7 cm³/mol. The normalized spacial score (nSPS) is 9.53. The maximum atomic E-state index is 11.8. The second-order valence-corrected chi connectivity index (χ2v) is 4.70. The molecule has 2 aromatic heterocycles. The molecule has 4 nitrogen and oxygen atoms in total. The molecule has 1 amide bonds. The highest BCUT2D eigenvalue weighted by molar-refractivity contribution is 7.10. The monoisotopic (exact) mass is 271 g/mol. The summed E-state index contributed by atoms with van der Waals surface area (Å²) in [6.07, 6.45) is 1.60. The van der Waals surface area contributed by atoms with Crippen LogP contribution in [0.4, 0.5) is 0 Å². The van der Waals surface area contributed by atoms with Crippen molar-refractivity contribution in [3.63, 3.8) is 0 Å². The van der Waals surface area contributed by atoms with Crippen LogP contribution in [0.3, 0.4) is 0 Å². The molecule has 0 saturated carbocycles.